The van der Waals surface area contributed by atoms with Gasteiger partial charge in [0, 0.05) is 26.1 Å². The normalized spacial score (nSPS) is 15.6. The first-order valence-corrected chi connectivity index (χ1v) is 8.14. The minimum absolute atomic E-state index is 0.0378. The van der Waals surface area contributed by atoms with Crippen molar-refractivity contribution in [2.75, 3.05) is 26.7 Å². The Morgan fingerprint density at radius 3 is 2.73 bits per heavy atom. The quantitative estimate of drug-likeness (QED) is 0.760. The standard InChI is InChI=1S/C13H17N3O5S/c1-21-10-4-2-3-5-11(10)22(19,20)14-7-9-16-8-6-12(17)15-13(16)18/h2-5,14H,6-9H2,1H3,(H,15,17,18). The topological polar surface area (TPSA) is 105 Å². The number of hydrogen-bond donors (Lipinski definition) is 2. The molecule has 120 valence electrons. The van der Waals surface area contributed by atoms with E-state index in [-0.39, 0.29) is 42.6 Å². The predicted molar refractivity (Wildman–Crippen MR) is 77.9 cm³/mol. The molecule has 1 fully saturated rings. The fourth-order valence-corrected chi connectivity index (χ4v) is 3.24. The second-order valence-electron chi connectivity index (χ2n) is 4.64. The average molecular weight is 327 g/mol. The maximum absolute atomic E-state index is 12.2. The van der Waals surface area contributed by atoms with E-state index in [0.29, 0.717) is 0 Å². The molecule has 9 heteroatoms. The van der Waals surface area contributed by atoms with E-state index in [9.17, 15) is 18.0 Å². The maximum Gasteiger partial charge on any atom is 0.324 e. The number of imide groups is 1. The summed E-state index contributed by atoms with van der Waals surface area (Å²) in [6.45, 7) is 0.497. The molecule has 0 aromatic heterocycles. The Morgan fingerprint density at radius 2 is 2.05 bits per heavy atom. The van der Waals surface area contributed by atoms with Gasteiger partial charge in [0.1, 0.15) is 10.6 Å². The summed E-state index contributed by atoms with van der Waals surface area (Å²) in [6, 6.07) is 5.76. The lowest BCUT2D eigenvalue weighted by atomic mass is 10.3. The van der Waals surface area contributed by atoms with Gasteiger partial charge in [-0.05, 0) is 12.1 Å². The smallest absolute Gasteiger partial charge is 0.324 e. The zero-order valence-corrected chi connectivity index (χ0v) is 12.9. The lowest BCUT2D eigenvalue weighted by Crippen LogP contribution is -2.51. The number of hydrogen-bond acceptors (Lipinski definition) is 5. The molecule has 0 atom stereocenters. The van der Waals surface area contributed by atoms with Crippen LogP contribution in [-0.4, -0.2) is 52.0 Å². The van der Waals surface area contributed by atoms with Gasteiger partial charge in [0.25, 0.3) is 0 Å². The number of rotatable bonds is 6. The largest absolute Gasteiger partial charge is 0.495 e. The lowest BCUT2D eigenvalue weighted by molar-refractivity contribution is -0.121. The highest BCUT2D eigenvalue weighted by Gasteiger charge is 2.23. The van der Waals surface area contributed by atoms with Crippen molar-refractivity contribution in [3.8, 4) is 5.75 Å². The molecular formula is C13H17N3O5S. The number of urea groups is 1. The molecule has 1 saturated heterocycles. The van der Waals surface area contributed by atoms with Crippen LogP contribution in [0, 0.1) is 0 Å². The SMILES string of the molecule is COc1ccccc1S(=O)(=O)NCCN1CCC(=O)NC1=O. The number of nitrogens with one attached hydrogen (secondary N) is 2. The van der Waals surface area contributed by atoms with Gasteiger partial charge in [0.15, 0.2) is 0 Å². The molecule has 0 aliphatic carbocycles. The molecule has 1 aromatic rings. The summed E-state index contributed by atoms with van der Waals surface area (Å²) in [5.41, 5.74) is 0. The molecule has 1 aliphatic rings. The Labute approximate surface area is 128 Å². The van der Waals surface area contributed by atoms with Crippen molar-refractivity contribution in [1.82, 2.24) is 14.9 Å². The van der Waals surface area contributed by atoms with Gasteiger partial charge in [0.2, 0.25) is 15.9 Å². The Morgan fingerprint density at radius 1 is 1.32 bits per heavy atom. The Balaban J connectivity index is 1.96. The van der Waals surface area contributed by atoms with E-state index in [4.69, 9.17) is 4.74 Å². The summed E-state index contributed by atoms with van der Waals surface area (Å²) in [7, 11) is -2.34. The predicted octanol–water partition coefficient (Wildman–Crippen LogP) is -0.0846. The van der Waals surface area contributed by atoms with Gasteiger partial charge in [-0.2, -0.15) is 0 Å². The second-order valence-corrected chi connectivity index (χ2v) is 6.37. The van der Waals surface area contributed by atoms with Crippen molar-refractivity contribution in [2.24, 2.45) is 0 Å². The van der Waals surface area contributed by atoms with Crippen LogP contribution in [-0.2, 0) is 14.8 Å². The molecule has 1 aliphatic heterocycles. The monoisotopic (exact) mass is 327 g/mol. The van der Waals surface area contributed by atoms with Gasteiger partial charge in [-0.25, -0.2) is 17.9 Å². The molecule has 3 amide bonds. The molecule has 1 heterocycles. The molecule has 0 saturated carbocycles. The molecule has 2 N–H and O–H groups in total. The zero-order chi connectivity index (χ0) is 16.2. The van der Waals surface area contributed by atoms with Crippen molar-refractivity contribution >= 4 is 22.0 Å². The van der Waals surface area contributed by atoms with Crippen LogP contribution in [0.4, 0.5) is 4.79 Å². The number of carbonyl (C=O) groups excluding carboxylic acids is 2. The van der Waals surface area contributed by atoms with Gasteiger partial charge in [-0.15, -0.1) is 0 Å². The molecule has 8 nitrogen and oxygen atoms in total. The summed E-state index contributed by atoms with van der Waals surface area (Å²) >= 11 is 0. The number of ether oxygens (including phenoxy) is 1. The van der Waals surface area contributed by atoms with Crippen LogP contribution in [0.1, 0.15) is 6.42 Å². The van der Waals surface area contributed by atoms with Crippen LogP contribution in [0.25, 0.3) is 0 Å². The summed E-state index contributed by atoms with van der Waals surface area (Å²) < 4.78 is 31.9. The summed E-state index contributed by atoms with van der Waals surface area (Å²) in [4.78, 5) is 24.0. The van der Waals surface area contributed by atoms with Crippen molar-refractivity contribution < 1.29 is 22.7 Å². The van der Waals surface area contributed by atoms with Crippen molar-refractivity contribution in [1.29, 1.82) is 0 Å². The molecule has 0 spiro atoms. The average Bonchev–Trinajstić information content (AvgIpc) is 2.49. The molecule has 0 unspecified atom stereocenters. The van der Waals surface area contributed by atoms with E-state index in [2.05, 4.69) is 10.0 Å². The molecular weight excluding hydrogens is 310 g/mol. The van der Waals surface area contributed by atoms with Crippen molar-refractivity contribution in [3.63, 3.8) is 0 Å². The van der Waals surface area contributed by atoms with Crippen molar-refractivity contribution in [3.05, 3.63) is 24.3 Å². The highest BCUT2D eigenvalue weighted by molar-refractivity contribution is 7.89. The number of para-hydroxylation sites is 1. The molecule has 22 heavy (non-hydrogen) atoms. The van der Waals surface area contributed by atoms with E-state index in [1.807, 2.05) is 0 Å². The number of amides is 3. The summed E-state index contributed by atoms with van der Waals surface area (Å²) in [5, 5.41) is 2.18. The highest BCUT2D eigenvalue weighted by atomic mass is 32.2. The number of methoxy groups -OCH3 is 1. The van der Waals surface area contributed by atoms with Crippen LogP contribution < -0.4 is 14.8 Å². The van der Waals surface area contributed by atoms with Crippen LogP contribution >= 0.6 is 0 Å². The first kappa shape index (κ1) is 16.2. The third-order valence-electron chi connectivity index (χ3n) is 3.17. The van der Waals surface area contributed by atoms with Crippen LogP contribution in [0.5, 0.6) is 5.75 Å². The van der Waals surface area contributed by atoms with E-state index in [0.717, 1.165) is 0 Å². The highest BCUT2D eigenvalue weighted by Crippen LogP contribution is 2.22. The number of carbonyl (C=O) groups is 2. The molecule has 1 aromatic carbocycles. The van der Waals surface area contributed by atoms with Crippen LogP contribution in [0.2, 0.25) is 0 Å². The second kappa shape index (κ2) is 6.75. The number of benzene rings is 1. The van der Waals surface area contributed by atoms with Gasteiger partial charge in [-0.1, -0.05) is 12.1 Å². The van der Waals surface area contributed by atoms with Crippen LogP contribution in [0.15, 0.2) is 29.2 Å². The zero-order valence-electron chi connectivity index (χ0n) is 12.0. The van der Waals surface area contributed by atoms with E-state index in [1.54, 1.807) is 18.2 Å². The molecule has 0 bridgehead atoms. The van der Waals surface area contributed by atoms with E-state index < -0.39 is 16.1 Å². The minimum atomic E-state index is -3.73. The fourth-order valence-electron chi connectivity index (χ4n) is 2.05. The first-order valence-electron chi connectivity index (χ1n) is 6.65. The lowest BCUT2D eigenvalue weighted by Gasteiger charge is -2.26. The Bertz CT molecular complexity index is 674. The van der Waals surface area contributed by atoms with Gasteiger partial charge in [-0.3, -0.25) is 10.1 Å². The number of sulfonamides is 1. The maximum atomic E-state index is 12.2. The molecule has 2 rings (SSSR count). The van der Waals surface area contributed by atoms with Crippen LogP contribution in [0.3, 0.4) is 0 Å². The minimum Gasteiger partial charge on any atom is -0.495 e. The third-order valence-corrected chi connectivity index (χ3v) is 4.68. The number of nitrogens with zero attached hydrogens (tertiary/aromatic N) is 1. The van der Waals surface area contributed by atoms with Gasteiger partial charge < -0.3 is 9.64 Å². The van der Waals surface area contributed by atoms with Crippen molar-refractivity contribution in [2.45, 2.75) is 11.3 Å². The third kappa shape index (κ3) is 3.74. The summed E-state index contributed by atoms with van der Waals surface area (Å²) in [6.07, 6.45) is 0.213. The van der Waals surface area contributed by atoms with Gasteiger partial charge >= 0.3 is 6.03 Å². The summed E-state index contributed by atoms with van der Waals surface area (Å²) in [5.74, 6) is -0.0767. The first-order chi connectivity index (χ1) is 10.4. The fraction of sp³-hybridized carbons (Fsp3) is 0.385. The Kier molecular flexibility index (Phi) is 4.99. The van der Waals surface area contributed by atoms with E-state index in [1.165, 1.54) is 18.1 Å². The van der Waals surface area contributed by atoms with E-state index >= 15 is 0 Å². The van der Waals surface area contributed by atoms with Gasteiger partial charge in [0.05, 0.1) is 7.11 Å². The molecule has 0 radical (unpaired) electrons. The Hall–Kier alpha value is -2.13.